The predicted octanol–water partition coefficient (Wildman–Crippen LogP) is 0.963. The monoisotopic (exact) mass is 321 g/mol. The van der Waals surface area contributed by atoms with Gasteiger partial charge in [0.25, 0.3) is 5.91 Å². The molecule has 0 radical (unpaired) electrons. The van der Waals surface area contributed by atoms with Crippen molar-refractivity contribution in [1.29, 1.82) is 0 Å². The van der Waals surface area contributed by atoms with Crippen LogP contribution in [0.1, 0.15) is 49.6 Å². The van der Waals surface area contributed by atoms with Crippen LogP contribution in [0, 0.1) is 0 Å². The maximum atomic E-state index is 11.9. The molecule has 0 spiro atoms. The van der Waals surface area contributed by atoms with Gasteiger partial charge in [-0.2, -0.15) is 0 Å². The number of furan rings is 1. The predicted molar refractivity (Wildman–Crippen MR) is 83.7 cm³/mol. The normalized spacial score (nSPS) is 16.4. The summed E-state index contributed by atoms with van der Waals surface area (Å²) in [7, 11) is 0. The van der Waals surface area contributed by atoms with Gasteiger partial charge < -0.3 is 20.4 Å². The van der Waals surface area contributed by atoms with Crippen molar-refractivity contribution in [3.63, 3.8) is 0 Å². The fourth-order valence-corrected chi connectivity index (χ4v) is 2.59. The van der Waals surface area contributed by atoms with Gasteiger partial charge >= 0.3 is 0 Å². The van der Waals surface area contributed by atoms with Crippen LogP contribution in [0.25, 0.3) is 0 Å². The highest BCUT2D eigenvalue weighted by Crippen LogP contribution is 2.17. The number of carbonyl (C=O) groups is 3. The number of hydrogen-bond donors (Lipinski definition) is 3. The van der Waals surface area contributed by atoms with E-state index in [1.54, 1.807) is 13.0 Å². The zero-order chi connectivity index (χ0) is 16.7. The summed E-state index contributed by atoms with van der Waals surface area (Å²) in [6.07, 6.45) is 6.86. The highest BCUT2D eigenvalue weighted by molar-refractivity contribution is 5.96. The quantitative estimate of drug-likeness (QED) is 0.726. The summed E-state index contributed by atoms with van der Waals surface area (Å²) in [6.45, 7) is 1.46. The van der Waals surface area contributed by atoms with Crippen LogP contribution in [-0.2, 0) is 9.59 Å². The van der Waals surface area contributed by atoms with E-state index in [4.69, 9.17) is 4.42 Å². The molecular formula is C16H23N3O4. The smallest absolute Gasteiger partial charge is 0.287 e. The first-order chi connectivity index (χ1) is 11.1. The molecule has 0 aromatic carbocycles. The first kappa shape index (κ1) is 17.1. The molecule has 2 rings (SSSR count). The van der Waals surface area contributed by atoms with Crippen molar-refractivity contribution in [2.45, 2.75) is 51.1 Å². The van der Waals surface area contributed by atoms with Gasteiger partial charge in [-0.3, -0.25) is 14.4 Å². The Morgan fingerprint density at radius 3 is 2.65 bits per heavy atom. The fraction of sp³-hybridized carbons (Fsp3) is 0.562. The third-order valence-electron chi connectivity index (χ3n) is 3.88. The Morgan fingerprint density at radius 2 is 2.00 bits per heavy atom. The van der Waals surface area contributed by atoms with E-state index >= 15 is 0 Å². The second-order valence-corrected chi connectivity index (χ2v) is 5.79. The first-order valence-electron chi connectivity index (χ1n) is 7.97. The van der Waals surface area contributed by atoms with Gasteiger partial charge in [0, 0.05) is 6.04 Å². The molecule has 0 aliphatic heterocycles. The molecule has 7 heteroatoms. The van der Waals surface area contributed by atoms with E-state index in [1.165, 1.54) is 18.8 Å². The van der Waals surface area contributed by atoms with Crippen molar-refractivity contribution >= 4 is 17.7 Å². The minimum Gasteiger partial charge on any atom is -0.459 e. The summed E-state index contributed by atoms with van der Waals surface area (Å²) < 4.78 is 4.95. The number of rotatable bonds is 6. The molecule has 1 aromatic rings. The van der Waals surface area contributed by atoms with E-state index in [0.29, 0.717) is 0 Å². The van der Waals surface area contributed by atoms with Crippen molar-refractivity contribution in [3.8, 4) is 0 Å². The van der Waals surface area contributed by atoms with Crippen molar-refractivity contribution in [1.82, 2.24) is 16.0 Å². The summed E-state index contributed by atoms with van der Waals surface area (Å²) >= 11 is 0. The lowest BCUT2D eigenvalue weighted by molar-refractivity contribution is -0.127. The molecule has 1 fully saturated rings. The average molecular weight is 321 g/mol. The Kier molecular flexibility index (Phi) is 6.19. The minimum absolute atomic E-state index is 0.0870. The van der Waals surface area contributed by atoms with E-state index in [-0.39, 0.29) is 24.3 Å². The summed E-state index contributed by atoms with van der Waals surface area (Å²) in [6, 6.07) is 2.56. The minimum atomic E-state index is -0.755. The van der Waals surface area contributed by atoms with Crippen molar-refractivity contribution in [3.05, 3.63) is 24.2 Å². The maximum absolute atomic E-state index is 11.9. The first-order valence-corrected chi connectivity index (χ1v) is 7.97. The highest BCUT2D eigenvalue weighted by Gasteiger charge is 2.20. The van der Waals surface area contributed by atoms with Gasteiger partial charge in [-0.1, -0.05) is 19.3 Å². The molecule has 1 heterocycles. The van der Waals surface area contributed by atoms with Crippen LogP contribution in [0.15, 0.2) is 22.8 Å². The maximum Gasteiger partial charge on any atom is 0.287 e. The van der Waals surface area contributed by atoms with Gasteiger partial charge in [0.2, 0.25) is 11.8 Å². The summed E-state index contributed by atoms with van der Waals surface area (Å²) in [5.74, 6) is -0.942. The van der Waals surface area contributed by atoms with E-state index < -0.39 is 17.9 Å². The third-order valence-corrected chi connectivity index (χ3v) is 3.88. The zero-order valence-corrected chi connectivity index (χ0v) is 13.3. The fourth-order valence-electron chi connectivity index (χ4n) is 2.59. The van der Waals surface area contributed by atoms with Crippen molar-refractivity contribution < 1.29 is 18.8 Å². The molecule has 23 heavy (non-hydrogen) atoms. The van der Waals surface area contributed by atoms with Gasteiger partial charge in [0.05, 0.1) is 12.8 Å². The lowest BCUT2D eigenvalue weighted by Gasteiger charge is -2.23. The Morgan fingerprint density at radius 1 is 1.26 bits per heavy atom. The topological polar surface area (TPSA) is 100 Å². The molecule has 1 aliphatic carbocycles. The van der Waals surface area contributed by atoms with Crippen LogP contribution in [0.4, 0.5) is 0 Å². The lowest BCUT2D eigenvalue weighted by Crippen LogP contribution is -2.48. The molecule has 1 atom stereocenters. The van der Waals surface area contributed by atoms with E-state index in [1.807, 2.05) is 0 Å². The average Bonchev–Trinajstić information content (AvgIpc) is 3.08. The molecule has 1 unspecified atom stereocenters. The zero-order valence-electron chi connectivity index (χ0n) is 13.3. The molecule has 0 saturated heterocycles. The number of amides is 3. The van der Waals surface area contributed by atoms with E-state index in [9.17, 15) is 14.4 Å². The van der Waals surface area contributed by atoms with E-state index in [2.05, 4.69) is 16.0 Å². The SMILES string of the molecule is CC(NC(=O)c1ccco1)C(=O)NCC(=O)NC1CCCCC1. The van der Waals surface area contributed by atoms with Crippen LogP contribution >= 0.6 is 0 Å². The van der Waals surface area contributed by atoms with E-state index in [0.717, 1.165) is 25.7 Å². The van der Waals surface area contributed by atoms with Crippen LogP contribution in [-0.4, -0.2) is 36.3 Å². The molecule has 1 aliphatic rings. The number of hydrogen-bond acceptors (Lipinski definition) is 4. The molecule has 126 valence electrons. The second-order valence-electron chi connectivity index (χ2n) is 5.79. The standard InChI is InChI=1S/C16H23N3O4/c1-11(18-16(22)13-8-5-9-23-13)15(21)17-10-14(20)19-12-6-3-2-4-7-12/h5,8-9,11-12H,2-4,6-7,10H2,1H3,(H,17,21)(H,18,22)(H,19,20). The van der Waals surface area contributed by atoms with Crippen molar-refractivity contribution in [2.75, 3.05) is 6.54 Å². The Bertz CT molecular complexity index is 536. The number of carbonyl (C=O) groups excluding carboxylic acids is 3. The lowest BCUT2D eigenvalue weighted by atomic mass is 9.95. The van der Waals surface area contributed by atoms with Gasteiger partial charge in [-0.05, 0) is 31.9 Å². The van der Waals surface area contributed by atoms with Gasteiger partial charge in [-0.25, -0.2) is 0 Å². The van der Waals surface area contributed by atoms with Crippen molar-refractivity contribution in [2.24, 2.45) is 0 Å². The van der Waals surface area contributed by atoms with Crippen LogP contribution in [0.2, 0.25) is 0 Å². The van der Waals surface area contributed by atoms with Gasteiger partial charge in [0.1, 0.15) is 6.04 Å². The Balaban J connectivity index is 1.68. The third kappa shape index (κ3) is 5.43. The molecule has 0 bridgehead atoms. The molecule has 1 saturated carbocycles. The molecule has 3 N–H and O–H groups in total. The summed E-state index contributed by atoms with van der Waals surface area (Å²) in [5, 5.41) is 7.96. The molecular weight excluding hydrogens is 298 g/mol. The van der Waals surface area contributed by atoms with Crippen LogP contribution in [0.5, 0.6) is 0 Å². The number of nitrogens with one attached hydrogen (secondary N) is 3. The van der Waals surface area contributed by atoms with Crippen LogP contribution < -0.4 is 16.0 Å². The summed E-state index contributed by atoms with van der Waals surface area (Å²) in [4.78, 5) is 35.5. The van der Waals surface area contributed by atoms with Gasteiger partial charge in [-0.15, -0.1) is 0 Å². The second kappa shape index (κ2) is 8.36. The Hall–Kier alpha value is -2.31. The molecule has 3 amide bonds. The summed E-state index contributed by atoms with van der Waals surface area (Å²) in [5.41, 5.74) is 0. The Labute approximate surface area is 135 Å². The molecule has 1 aromatic heterocycles. The largest absolute Gasteiger partial charge is 0.459 e. The molecule has 7 nitrogen and oxygen atoms in total. The van der Waals surface area contributed by atoms with Gasteiger partial charge in [0.15, 0.2) is 5.76 Å². The van der Waals surface area contributed by atoms with Crippen LogP contribution in [0.3, 0.4) is 0 Å². The highest BCUT2D eigenvalue weighted by atomic mass is 16.3.